The molecule has 1 fully saturated rings. The molecule has 8 heteroatoms. The number of benzene rings is 1. The third-order valence-electron chi connectivity index (χ3n) is 5.05. The summed E-state index contributed by atoms with van der Waals surface area (Å²) in [6, 6.07) is 5.97. The lowest BCUT2D eigenvalue weighted by atomic mass is 10.0. The average molecular weight is 449 g/mol. The zero-order chi connectivity index (χ0) is 22.9. The third kappa shape index (κ3) is 8.28. The van der Waals surface area contributed by atoms with Crippen LogP contribution in [0.4, 0.5) is 0 Å². The van der Waals surface area contributed by atoms with Crippen LogP contribution in [0.25, 0.3) is 0 Å². The Labute approximate surface area is 186 Å². The number of amides is 2. The summed E-state index contributed by atoms with van der Waals surface area (Å²) in [6.45, 7) is 8.21. The molecule has 2 rings (SSSR count). The number of piperidine rings is 1. The molecule has 7 nitrogen and oxygen atoms in total. The SMILES string of the molecule is COc1ccc(OCCN(CC=CC[Si](C)(C)C)C(=O)C2CCCC(=O)N2)cc1OC. The van der Waals surface area contributed by atoms with Crippen LogP contribution >= 0.6 is 0 Å². The largest absolute Gasteiger partial charge is 0.493 e. The highest BCUT2D eigenvalue weighted by Gasteiger charge is 2.28. The fourth-order valence-electron chi connectivity index (χ4n) is 3.32. The van der Waals surface area contributed by atoms with Gasteiger partial charge in [0.15, 0.2) is 11.5 Å². The molecule has 1 aliphatic heterocycles. The van der Waals surface area contributed by atoms with Crippen LogP contribution in [0.5, 0.6) is 17.2 Å². The maximum atomic E-state index is 13.1. The number of ether oxygens (including phenoxy) is 3. The predicted molar refractivity (Wildman–Crippen MR) is 125 cm³/mol. The lowest BCUT2D eigenvalue weighted by Crippen LogP contribution is -2.51. The Hall–Kier alpha value is -2.48. The summed E-state index contributed by atoms with van der Waals surface area (Å²) in [5, 5.41) is 2.83. The Morgan fingerprint density at radius 2 is 1.94 bits per heavy atom. The molecule has 0 spiro atoms. The summed E-state index contributed by atoms with van der Waals surface area (Å²) in [5.41, 5.74) is 0. The first-order valence-corrected chi connectivity index (χ1v) is 14.5. The number of carbonyl (C=O) groups excluding carboxylic acids is 2. The van der Waals surface area contributed by atoms with E-state index in [4.69, 9.17) is 14.2 Å². The van der Waals surface area contributed by atoms with Crippen LogP contribution in [-0.4, -0.2) is 64.7 Å². The van der Waals surface area contributed by atoms with E-state index in [2.05, 4.69) is 37.1 Å². The van der Waals surface area contributed by atoms with Gasteiger partial charge in [-0.1, -0.05) is 31.8 Å². The van der Waals surface area contributed by atoms with Crippen molar-refractivity contribution in [2.75, 3.05) is 33.9 Å². The van der Waals surface area contributed by atoms with Crippen molar-refractivity contribution in [3.8, 4) is 17.2 Å². The molecule has 1 aromatic rings. The van der Waals surface area contributed by atoms with Crippen molar-refractivity contribution in [3.05, 3.63) is 30.4 Å². The Balaban J connectivity index is 2.00. The number of nitrogens with zero attached hydrogens (tertiary/aromatic N) is 1. The van der Waals surface area contributed by atoms with Gasteiger partial charge in [-0.25, -0.2) is 0 Å². The highest BCUT2D eigenvalue weighted by Crippen LogP contribution is 2.30. The van der Waals surface area contributed by atoms with Crippen molar-refractivity contribution in [2.45, 2.75) is 51.0 Å². The van der Waals surface area contributed by atoms with Gasteiger partial charge in [0.05, 0.1) is 20.8 Å². The number of hydrogen-bond acceptors (Lipinski definition) is 5. The topological polar surface area (TPSA) is 77.1 Å². The van der Waals surface area contributed by atoms with Crippen LogP contribution in [0.2, 0.25) is 25.7 Å². The van der Waals surface area contributed by atoms with Gasteiger partial charge in [-0.2, -0.15) is 0 Å². The van der Waals surface area contributed by atoms with Gasteiger partial charge in [0.2, 0.25) is 11.8 Å². The second-order valence-electron chi connectivity index (χ2n) is 8.90. The van der Waals surface area contributed by atoms with Gasteiger partial charge < -0.3 is 24.4 Å². The van der Waals surface area contributed by atoms with E-state index in [1.165, 1.54) is 0 Å². The summed E-state index contributed by atoms with van der Waals surface area (Å²) >= 11 is 0. The van der Waals surface area contributed by atoms with Crippen molar-refractivity contribution < 1.29 is 23.8 Å². The van der Waals surface area contributed by atoms with E-state index in [0.29, 0.717) is 49.8 Å². The van der Waals surface area contributed by atoms with Crippen molar-refractivity contribution in [3.63, 3.8) is 0 Å². The molecule has 31 heavy (non-hydrogen) atoms. The quantitative estimate of drug-likeness (QED) is 0.414. The van der Waals surface area contributed by atoms with E-state index in [0.717, 1.165) is 12.5 Å². The normalized spacial score (nSPS) is 16.7. The molecule has 1 N–H and O–H groups in total. The average Bonchev–Trinajstić information content (AvgIpc) is 2.74. The van der Waals surface area contributed by atoms with E-state index >= 15 is 0 Å². The lowest BCUT2D eigenvalue weighted by molar-refractivity contribution is -0.137. The van der Waals surface area contributed by atoms with Crippen molar-refractivity contribution in [1.82, 2.24) is 10.2 Å². The molecule has 1 saturated heterocycles. The van der Waals surface area contributed by atoms with E-state index in [1.807, 2.05) is 6.07 Å². The van der Waals surface area contributed by atoms with E-state index in [1.54, 1.807) is 31.3 Å². The molecule has 1 aromatic carbocycles. The smallest absolute Gasteiger partial charge is 0.245 e. The molecule has 0 radical (unpaired) electrons. The highest BCUT2D eigenvalue weighted by atomic mass is 28.3. The van der Waals surface area contributed by atoms with Gasteiger partial charge in [-0.3, -0.25) is 9.59 Å². The van der Waals surface area contributed by atoms with Gasteiger partial charge in [-0.05, 0) is 31.0 Å². The lowest BCUT2D eigenvalue weighted by Gasteiger charge is -2.29. The predicted octanol–water partition coefficient (Wildman–Crippen LogP) is 3.47. The second kappa shape index (κ2) is 11.8. The fourth-order valence-corrected chi connectivity index (χ4v) is 4.19. The molecule has 0 aromatic heterocycles. The molecule has 0 saturated carbocycles. The van der Waals surface area contributed by atoms with E-state index in [-0.39, 0.29) is 11.8 Å². The minimum atomic E-state index is -1.18. The van der Waals surface area contributed by atoms with Gasteiger partial charge in [0.25, 0.3) is 0 Å². The van der Waals surface area contributed by atoms with Gasteiger partial charge in [0, 0.05) is 27.1 Å². The second-order valence-corrected chi connectivity index (χ2v) is 14.4. The molecule has 1 aliphatic rings. The Bertz CT molecular complexity index is 776. The maximum Gasteiger partial charge on any atom is 0.245 e. The standard InChI is InChI=1S/C23H36N2O5Si/c1-28-20-12-11-18(17-21(20)29-2)30-15-14-25(13-6-7-16-31(3,4)5)23(27)19-9-8-10-22(26)24-19/h6-7,11-12,17,19H,8-10,13-16H2,1-5H3,(H,24,26). The highest BCUT2D eigenvalue weighted by molar-refractivity contribution is 6.76. The van der Waals surface area contributed by atoms with Crippen LogP contribution in [0.3, 0.4) is 0 Å². The van der Waals surface area contributed by atoms with Crippen molar-refractivity contribution in [2.24, 2.45) is 0 Å². The summed E-state index contributed by atoms with van der Waals surface area (Å²) in [5.74, 6) is 1.76. The minimum absolute atomic E-state index is 0.0541. The van der Waals surface area contributed by atoms with Crippen LogP contribution < -0.4 is 19.5 Å². The zero-order valence-corrected chi connectivity index (χ0v) is 20.4. The Morgan fingerprint density at radius 1 is 1.19 bits per heavy atom. The molecule has 1 unspecified atom stereocenters. The van der Waals surface area contributed by atoms with Gasteiger partial charge in [0.1, 0.15) is 18.4 Å². The first kappa shape index (κ1) is 24.8. The summed E-state index contributed by atoms with van der Waals surface area (Å²) in [7, 11) is 1.98. The van der Waals surface area contributed by atoms with Gasteiger partial charge in [-0.15, -0.1) is 0 Å². The summed E-state index contributed by atoms with van der Waals surface area (Å²) in [4.78, 5) is 26.6. The Kier molecular flexibility index (Phi) is 9.42. The first-order valence-electron chi connectivity index (χ1n) is 10.8. The molecule has 172 valence electrons. The van der Waals surface area contributed by atoms with Gasteiger partial charge >= 0.3 is 0 Å². The molecule has 1 heterocycles. The van der Waals surface area contributed by atoms with E-state index < -0.39 is 14.1 Å². The first-order chi connectivity index (χ1) is 14.7. The fraction of sp³-hybridized carbons (Fsp3) is 0.565. The number of carbonyl (C=O) groups is 2. The van der Waals surface area contributed by atoms with Crippen molar-refractivity contribution >= 4 is 19.9 Å². The maximum absolute atomic E-state index is 13.1. The number of allylic oxidation sites excluding steroid dienone is 1. The monoisotopic (exact) mass is 448 g/mol. The minimum Gasteiger partial charge on any atom is -0.493 e. The summed E-state index contributed by atoms with van der Waals surface area (Å²) in [6.07, 6.45) is 6.13. The molecule has 0 bridgehead atoms. The third-order valence-corrected chi connectivity index (χ3v) is 6.51. The Morgan fingerprint density at radius 3 is 2.58 bits per heavy atom. The van der Waals surface area contributed by atoms with Crippen LogP contribution in [0.1, 0.15) is 19.3 Å². The molecular weight excluding hydrogens is 412 g/mol. The number of rotatable bonds is 11. The molecule has 2 amide bonds. The molecule has 1 atom stereocenters. The molecular formula is C23H36N2O5Si. The number of methoxy groups -OCH3 is 2. The van der Waals surface area contributed by atoms with Crippen LogP contribution in [0.15, 0.2) is 30.4 Å². The summed E-state index contributed by atoms with van der Waals surface area (Å²) < 4.78 is 16.4. The van der Waals surface area contributed by atoms with Crippen molar-refractivity contribution in [1.29, 1.82) is 0 Å². The number of hydrogen-bond donors (Lipinski definition) is 1. The molecule has 0 aliphatic carbocycles. The van der Waals surface area contributed by atoms with E-state index in [9.17, 15) is 9.59 Å². The number of nitrogens with one attached hydrogen (secondary N) is 1. The zero-order valence-electron chi connectivity index (χ0n) is 19.4. The van der Waals surface area contributed by atoms with Crippen LogP contribution in [0, 0.1) is 0 Å². The van der Waals surface area contributed by atoms with Crippen LogP contribution in [-0.2, 0) is 9.59 Å².